The molecule has 0 fully saturated rings. The van der Waals surface area contributed by atoms with Gasteiger partial charge in [0.2, 0.25) is 5.91 Å². The number of amides is 1. The van der Waals surface area contributed by atoms with E-state index >= 15 is 0 Å². The number of halogens is 2. The summed E-state index contributed by atoms with van der Waals surface area (Å²) < 4.78 is 20.4. The van der Waals surface area contributed by atoms with Gasteiger partial charge in [-0.2, -0.15) is 0 Å². The Kier molecular flexibility index (Phi) is 6.67. The quantitative estimate of drug-likeness (QED) is 0.297. The molecule has 1 heterocycles. The summed E-state index contributed by atoms with van der Waals surface area (Å²) in [5, 5.41) is 2.78. The number of thioether (sulfide) groups is 1. The highest BCUT2D eigenvalue weighted by Crippen LogP contribution is 2.29. The molecule has 33 heavy (non-hydrogen) atoms. The molecule has 4 rings (SSSR count). The summed E-state index contributed by atoms with van der Waals surface area (Å²) in [6.07, 6.45) is 0. The molecule has 168 valence electrons. The fourth-order valence-corrected chi connectivity index (χ4v) is 4.34. The number of nitrogens with one attached hydrogen (secondary N) is 1. The summed E-state index contributed by atoms with van der Waals surface area (Å²) in [6, 6.07) is 18.0. The van der Waals surface area contributed by atoms with Crippen molar-refractivity contribution in [2.24, 2.45) is 0 Å². The van der Waals surface area contributed by atoms with E-state index in [1.165, 1.54) is 29.9 Å². The van der Waals surface area contributed by atoms with E-state index in [0.717, 1.165) is 11.8 Å². The number of carbonyl (C=O) groups is 1. The van der Waals surface area contributed by atoms with Crippen LogP contribution in [0.4, 0.5) is 10.1 Å². The molecule has 0 radical (unpaired) electrons. The van der Waals surface area contributed by atoms with E-state index in [4.69, 9.17) is 16.3 Å². The van der Waals surface area contributed by atoms with Crippen molar-refractivity contribution in [2.75, 3.05) is 12.4 Å². The van der Waals surface area contributed by atoms with E-state index in [9.17, 15) is 14.0 Å². The van der Waals surface area contributed by atoms with Crippen molar-refractivity contribution in [1.29, 1.82) is 0 Å². The van der Waals surface area contributed by atoms with Gasteiger partial charge in [0.1, 0.15) is 11.6 Å². The number of anilines is 1. The van der Waals surface area contributed by atoms with Gasteiger partial charge in [-0.05, 0) is 49.4 Å². The minimum atomic E-state index is -0.620. The third-order valence-corrected chi connectivity index (χ3v) is 6.26. The molecule has 3 aromatic carbocycles. The van der Waals surface area contributed by atoms with Crippen LogP contribution in [0.3, 0.4) is 0 Å². The molecule has 0 saturated heterocycles. The van der Waals surface area contributed by atoms with E-state index in [2.05, 4.69) is 10.3 Å². The number of ether oxygens (including phenoxy) is 1. The van der Waals surface area contributed by atoms with Crippen LogP contribution in [0.25, 0.3) is 16.6 Å². The Hall–Kier alpha value is -3.36. The number of para-hydroxylation sites is 3. The molecule has 6 nitrogen and oxygen atoms in total. The van der Waals surface area contributed by atoms with Gasteiger partial charge < -0.3 is 10.1 Å². The Morgan fingerprint density at radius 1 is 1.15 bits per heavy atom. The number of methoxy groups -OCH3 is 1. The van der Waals surface area contributed by atoms with Crippen molar-refractivity contribution in [2.45, 2.75) is 17.3 Å². The average molecular weight is 484 g/mol. The highest BCUT2D eigenvalue weighted by Gasteiger charge is 2.21. The number of hydrogen-bond donors (Lipinski definition) is 1. The molecular weight excluding hydrogens is 465 g/mol. The monoisotopic (exact) mass is 483 g/mol. The Balaban J connectivity index is 1.74. The molecule has 0 aliphatic heterocycles. The fraction of sp³-hybridized carbons (Fsp3) is 0.125. The van der Waals surface area contributed by atoms with Gasteiger partial charge in [-0.15, -0.1) is 0 Å². The standard InChI is InChI=1S/C24H19ClFN3O3S/c1-14(22(30)27-20-9-5-6-10-21(20)32-2)33-24-28-19-8-4-3-7-16(19)23(31)29(24)15-11-12-18(26)17(25)13-15/h3-14H,1-2H3,(H,27,30). The first-order valence-corrected chi connectivity index (χ1v) is 11.2. The van der Waals surface area contributed by atoms with Crippen LogP contribution < -0.4 is 15.6 Å². The normalized spacial score (nSPS) is 11.9. The average Bonchev–Trinajstić information content (AvgIpc) is 2.81. The van der Waals surface area contributed by atoms with E-state index in [1.54, 1.807) is 55.5 Å². The lowest BCUT2D eigenvalue weighted by Crippen LogP contribution is -2.26. The van der Waals surface area contributed by atoms with Crippen LogP contribution >= 0.6 is 23.4 Å². The molecule has 0 aliphatic rings. The minimum absolute atomic E-state index is 0.120. The number of hydrogen-bond acceptors (Lipinski definition) is 5. The smallest absolute Gasteiger partial charge is 0.266 e. The van der Waals surface area contributed by atoms with Crippen LogP contribution in [-0.4, -0.2) is 27.8 Å². The first-order chi connectivity index (χ1) is 15.9. The lowest BCUT2D eigenvalue weighted by Gasteiger charge is -2.17. The lowest BCUT2D eigenvalue weighted by molar-refractivity contribution is -0.115. The second-order valence-corrected chi connectivity index (χ2v) is 8.82. The predicted octanol–water partition coefficient (Wildman–Crippen LogP) is 5.31. The zero-order chi connectivity index (χ0) is 23.5. The summed E-state index contributed by atoms with van der Waals surface area (Å²) in [5.74, 6) is -0.360. The maximum Gasteiger partial charge on any atom is 0.266 e. The Labute approximate surface area is 198 Å². The molecule has 1 amide bonds. The van der Waals surface area contributed by atoms with Crippen LogP contribution in [0.2, 0.25) is 5.02 Å². The highest BCUT2D eigenvalue weighted by molar-refractivity contribution is 8.00. The van der Waals surface area contributed by atoms with Gasteiger partial charge in [0, 0.05) is 0 Å². The summed E-state index contributed by atoms with van der Waals surface area (Å²) in [5.41, 5.74) is 1.03. The summed E-state index contributed by atoms with van der Waals surface area (Å²) >= 11 is 7.08. The molecule has 0 aliphatic carbocycles. The van der Waals surface area contributed by atoms with Gasteiger partial charge in [0.15, 0.2) is 5.16 Å². The van der Waals surface area contributed by atoms with Crippen LogP contribution in [0, 0.1) is 5.82 Å². The maximum atomic E-state index is 13.8. The van der Waals surface area contributed by atoms with Crippen molar-refractivity contribution in [1.82, 2.24) is 9.55 Å². The third-order valence-electron chi connectivity index (χ3n) is 4.92. The molecule has 1 aromatic heterocycles. The van der Waals surface area contributed by atoms with Crippen LogP contribution in [0.5, 0.6) is 5.75 Å². The van der Waals surface area contributed by atoms with Crippen LogP contribution in [-0.2, 0) is 4.79 Å². The van der Waals surface area contributed by atoms with Gasteiger partial charge in [0.05, 0.1) is 39.7 Å². The van der Waals surface area contributed by atoms with E-state index in [-0.39, 0.29) is 21.6 Å². The van der Waals surface area contributed by atoms with Gasteiger partial charge >= 0.3 is 0 Å². The van der Waals surface area contributed by atoms with Gasteiger partial charge in [0.25, 0.3) is 5.56 Å². The van der Waals surface area contributed by atoms with Crippen LogP contribution in [0.1, 0.15) is 6.92 Å². The summed E-state index contributed by atoms with van der Waals surface area (Å²) in [6.45, 7) is 1.71. The zero-order valence-corrected chi connectivity index (χ0v) is 19.3. The maximum absolute atomic E-state index is 13.8. The molecule has 1 unspecified atom stereocenters. The van der Waals surface area contributed by atoms with Gasteiger partial charge in [-0.3, -0.25) is 14.2 Å². The highest BCUT2D eigenvalue weighted by atomic mass is 35.5. The van der Waals surface area contributed by atoms with Crippen molar-refractivity contribution in [3.63, 3.8) is 0 Å². The van der Waals surface area contributed by atoms with E-state index < -0.39 is 11.1 Å². The number of rotatable bonds is 6. The molecular formula is C24H19ClFN3O3S. The SMILES string of the molecule is COc1ccccc1NC(=O)C(C)Sc1nc2ccccc2c(=O)n1-c1ccc(F)c(Cl)c1. The second kappa shape index (κ2) is 9.64. The van der Waals surface area contributed by atoms with E-state index in [1.807, 2.05) is 0 Å². The first-order valence-electron chi connectivity index (χ1n) is 9.97. The van der Waals surface area contributed by atoms with Gasteiger partial charge in [-0.25, -0.2) is 9.37 Å². The zero-order valence-electron chi connectivity index (χ0n) is 17.7. The van der Waals surface area contributed by atoms with E-state index in [0.29, 0.717) is 28.0 Å². The molecule has 0 spiro atoms. The summed E-state index contributed by atoms with van der Waals surface area (Å²) in [4.78, 5) is 30.8. The Bertz CT molecular complexity index is 1410. The predicted molar refractivity (Wildman–Crippen MR) is 129 cm³/mol. The molecule has 1 N–H and O–H groups in total. The molecule has 0 bridgehead atoms. The van der Waals surface area contributed by atoms with Crippen molar-refractivity contribution in [3.05, 3.63) is 87.9 Å². The fourth-order valence-electron chi connectivity index (χ4n) is 3.24. The topological polar surface area (TPSA) is 73.2 Å². The largest absolute Gasteiger partial charge is 0.495 e. The molecule has 0 saturated carbocycles. The number of nitrogens with zero attached hydrogens (tertiary/aromatic N) is 2. The number of benzene rings is 3. The van der Waals surface area contributed by atoms with Crippen molar-refractivity contribution >= 4 is 45.9 Å². The molecule has 4 aromatic rings. The number of carbonyl (C=O) groups excluding carboxylic acids is 1. The van der Waals surface area contributed by atoms with Crippen LogP contribution in [0.15, 0.2) is 76.7 Å². The number of fused-ring (bicyclic) bond motifs is 1. The third kappa shape index (κ3) is 4.72. The second-order valence-electron chi connectivity index (χ2n) is 7.10. The van der Waals surface area contributed by atoms with Crippen molar-refractivity contribution < 1.29 is 13.9 Å². The van der Waals surface area contributed by atoms with Gasteiger partial charge in [-0.1, -0.05) is 47.6 Å². The Morgan fingerprint density at radius 3 is 2.64 bits per heavy atom. The molecule has 9 heteroatoms. The summed E-state index contributed by atoms with van der Waals surface area (Å²) in [7, 11) is 1.52. The molecule has 1 atom stereocenters. The first kappa shape index (κ1) is 22.8. The number of aromatic nitrogens is 2. The minimum Gasteiger partial charge on any atom is -0.495 e. The van der Waals surface area contributed by atoms with Crippen molar-refractivity contribution in [3.8, 4) is 11.4 Å². The Morgan fingerprint density at radius 2 is 1.88 bits per heavy atom. The lowest BCUT2D eigenvalue weighted by atomic mass is 10.2.